The molecule has 0 radical (unpaired) electrons. The zero-order valence-electron chi connectivity index (χ0n) is 14.5. The van der Waals surface area contributed by atoms with Gasteiger partial charge in [0.25, 0.3) is 0 Å². The highest BCUT2D eigenvalue weighted by Gasteiger charge is 2.08. The van der Waals surface area contributed by atoms with Gasteiger partial charge in [0.15, 0.2) is 0 Å². The molecule has 0 aliphatic carbocycles. The van der Waals surface area contributed by atoms with Gasteiger partial charge in [0.1, 0.15) is 5.82 Å². The molecular weight excluding hydrogens is 294 g/mol. The van der Waals surface area contributed by atoms with Crippen molar-refractivity contribution in [3.63, 3.8) is 0 Å². The summed E-state index contributed by atoms with van der Waals surface area (Å²) in [7, 11) is 0. The van der Waals surface area contributed by atoms with Gasteiger partial charge in [-0.2, -0.15) is 0 Å². The zero-order valence-corrected chi connectivity index (χ0v) is 14.5. The van der Waals surface area contributed by atoms with E-state index < -0.39 is 0 Å². The molecule has 0 aliphatic rings. The Balaban J connectivity index is 2.40. The number of pyridine rings is 1. The highest BCUT2D eigenvalue weighted by atomic mass is 14.8. The third-order valence-electron chi connectivity index (χ3n) is 3.80. The van der Waals surface area contributed by atoms with Gasteiger partial charge in [0.05, 0.1) is 0 Å². The number of nitrogens with one attached hydrogen (secondary N) is 1. The molecule has 24 heavy (non-hydrogen) atoms. The van der Waals surface area contributed by atoms with Crippen LogP contribution in [0.5, 0.6) is 0 Å². The summed E-state index contributed by atoms with van der Waals surface area (Å²) >= 11 is 0. The maximum Gasteiger partial charge on any atom is 0.123 e. The lowest BCUT2D eigenvalue weighted by atomic mass is 10.0. The number of aromatic nitrogens is 2. The average molecular weight is 319 g/mol. The van der Waals surface area contributed by atoms with Crippen molar-refractivity contribution in [3.05, 3.63) is 78.3 Å². The summed E-state index contributed by atoms with van der Waals surface area (Å²) in [5, 5.41) is 0. The van der Waals surface area contributed by atoms with Crippen LogP contribution in [-0.2, 0) is 6.42 Å². The van der Waals surface area contributed by atoms with Crippen LogP contribution < -0.4 is 5.73 Å². The molecule has 0 amide bonds. The lowest BCUT2D eigenvalue weighted by Gasteiger charge is -2.04. The Morgan fingerprint density at radius 3 is 2.75 bits per heavy atom. The fourth-order valence-corrected chi connectivity index (χ4v) is 2.57. The van der Waals surface area contributed by atoms with Gasteiger partial charge < -0.3 is 10.7 Å². The zero-order chi connectivity index (χ0) is 17.5. The second-order valence-electron chi connectivity index (χ2n) is 5.67. The molecule has 3 nitrogen and oxygen atoms in total. The summed E-state index contributed by atoms with van der Waals surface area (Å²) in [6, 6.07) is 5.85. The number of hydrogen-bond acceptors (Lipinski definition) is 2. The van der Waals surface area contributed by atoms with Gasteiger partial charge in [-0.15, -0.1) is 0 Å². The normalized spacial score (nSPS) is 11.8. The third kappa shape index (κ3) is 4.13. The van der Waals surface area contributed by atoms with Crippen LogP contribution in [-0.4, -0.2) is 9.97 Å². The monoisotopic (exact) mass is 319 g/mol. The Morgan fingerprint density at radius 2 is 2.17 bits per heavy atom. The molecule has 0 aromatic carbocycles. The van der Waals surface area contributed by atoms with Gasteiger partial charge in [-0.05, 0) is 59.9 Å². The molecule has 2 rings (SSSR count). The topological polar surface area (TPSA) is 54.7 Å². The van der Waals surface area contributed by atoms with Gasteiger partial charge in [0, 0.05) is 17.6 Å². The molecule has 0 spiro atoms. The second-order valence-corrected chi connectivity index (χ2v) is 5.67. The molecule has 0 unspecified atom stereocenters. The number of H-pyrrole nitrogens is 1. The minimum absolute atomic E-state index is 0.508. The number of nitrogen functional groups attached to an aromatic ring is 1. The highest BCUT2D eigenvalue weighted by Crippen LogP contribution is 2.25. The minimum atomic E-state index is 0.508. The number of nitrogens with zero attached hydrogens (tertiary/aromatic N) is 1. The van der Waals surface area contributed by atoms with Gasteiger partial charge in [-0.3, -0.25) is 0 Å². The van der Waals surface area contributed by atoms with E-state index in [9.17, 15) is 0 Å². The van der Waals surface area contributed by atoms with Crippen LogP contribution in [0.1, 0.15) is 42.8 Å². The number of nitrogens with two attached hydrogens (primary N) is 1. The second kappa shape index (κ2) is 8.16. The van der Waals surface area contributed by atoms with E-state index >= 15 is 0 Å². The molecule has 0 bridgehead atoms. The lowest BCUT2D eigenvalue weighted by molar-refractivity contribution is 0.889. The summed E-state index contributed by atoms with van der Waals surface area (Å²) < 4.78 is 0. The van der Waals surface area contributed by atoms with Crippen LogP contribution in [0.25, 0.3) is 17.2 Å². The molecule has 3 heteroatoms. The molecule has 3 N–H and O–H groups in total. The van der Waals surface area contributed by atoms with Crippen LogP contribution >= 0.6 is 0 Å². The van der Waals surface area contributed by atoms with Gasteiger partial charge >= 0.3 is 0 Å². The van der Waals surface area contributed by atoms with E-state index in [1.807, 2.05) is 25.1 Å². The van der Waals surface area contributed by atoms with Gasteiger partial charge in [-0.25, -0.2) is 4.98 Å². The molecule has 124 valence electrons. The first kappa shape index (κ1) is 17.5. The van der Waals surface area contributed by atoms with Crippen molar-refractivity contribution in [2.24, 2.45) is 0 Å². The maximum absolute atomic E-state index is 5.65. The van der Waals surface area contributed by atoms with Crippen LogP contribution in [0.3, 0.4) is 0 Å². The number of aromatic amines is 1. The largest absolute Gasteiger partial charge is 0.384 e. The molecule has 2 aromatic rings. The van der Waals surface area contributed by atoms with Crippen molar-refractivity contribution in [2.75, 3.05) is 5.73 Å². The Labute approximate surface area is 144 Å². The summed E-state index contributed by atoms with van der Waals surface area (Å²) in [6.45, 7) is 12.3. The van der Waals surface area contributed by atoms with Crippen molar-refractivity contribution in [3.8, 4) is 0 Å². The van der Waals surface area contributed by atoms with Crippen LogP contribution in [0.4, 0.5) is 5.82 Å². The smallest absolute Gasteiger partial charge is 0.123 e. The summed E-state index contributed by atoms with van der Waals surface area (Å²) in [6.07, 6.45) is 11.9. The van der Waals surface area contributed by atoms with E-state index in [1.165, 1.54) is 5.69 Å². The molecule has 0 saturated heterocycles. The first-order chi connectivity index (χ1) is 11.6. The molecular formula is C21H25N3. The predicted octanol–water partition coefficient (Wildman–Crippen LogP) is 5.26. The Hall–Kier alpha value is -2.81. The fraction of sp³-hybridized carbons (Fsp3) is 0.190. The van der Waals surface area contributed by atoms with Crippen LogP contribution in [0.2, 0.25) is 0 Å². The van der Waals surface area contributed by atoms with Crippen LogP contribution in [0, 0.1) is 0 Å². The van der Waals surface area contributed by atoms with E-state index in [4.69, 9.17) is 5.73 Å². The molecule has 0 atom stereocenters. The van der Waals surface area contributed by atoms with E-state index in [2.05, 4.69) is 48.3 Å². The Bertz CT molecular complexity index is 774. The minimum Gasteiger partial charge on any atom is -0.384 e. The predicted molar refractivity (Wildman–Crippen MR) is 105 cm³/mol. The van der Waals surface area contributed by atoms with E-state index in [-0.39, 0.29) is 0 Å². The quantitative estimate of drug-likeness (QED) is 0.684. The Morgan fingerprint density at radius 1 is 1.38 bits per heavy atom. The SMILES string of the molecule is C=Cc1cc(C(/C=C\C)=C/C(=C)c2ccc(N)nc2)[nH]c1CCC. The fourth-order valence-electron chi connectivity index (χ4n) is 2.57. The number of allylic oxidation sites excluding steroid dienone is 5. The summed E-state index contributed by atoms with van der Waals surface area (Å²) in [5.41, 5.74) is 12.0. The lowest BCUT2D eigenvalue weighted by Crippen LogP contribution is -1.91. The van der Waals surface area contributed by atoms with Crippen molar-refractivity contribution in [1.29, 1.82) is 0 Å². The molecule has 2 heterocycles. The molecule has 0 saturated carbocycles. The van der Waals surface area contributed by atoms with Gasteiger partial charge in [-0.1, -0.05) is 44.7 Å². The van der Waals surface area contributed by atoms with Crippen molar-refractivity contribution >= 4 is 23.0 Å². The Kier molecular flexibility index (Phi) is 5.96. The standard InChI is InChI=1S/C21H25N3/c1-5-8-17(12-15(4)18-10-11-21(22)23-14-18)20-13-16(7-3)19(24-20)9-6-2/h5,7-8,10-14,24H,3-4,6,9H2,1-2H3,(H2,22,23)/b8-5-,17-12+. The number of hydrogen-bond donors (Lipinski definition) is 2. The molecule has 2 aromatic heterocycles. The van der Waals surface area contributed by atoms with E-state index in [0.717, 1.165) is 40.8 Å². The van der Waals surface area contributed by atoms with Crippen molar-refractivity contribution < 1.29 is 0 Å². The molecule has 0 aliphatic heterocycles. The first-order valence-electron chi connectivity index (χ1n) is 8.19. The molecule has 0 fully saturated rings. The maximum atomic E-state index is 5.65. The van der Waals surface area contributed by atoms with Crippen molar-refractivity contribution in [2.45, 2.75) is 26.7 Å². The summed E-state index contributed by atoms with van der Waals surface area (Å²) in [4.78, 5) is 7.65. The number of anilines is 1. The number of aryl methyl sites for hydroxylation is 1. The third-order valence-corrected chi connectivity index (χ3v) is 3.80. The van der Waals surface area contributed by atoms with E-state index in [1.54, 1.807) is 12.3 Å². The highest BCUT2D eigenvalue weighted by molar-refractivity contribution is 5.86. The number of rotatable bonds is 7. The first-order valence-corrected chi connectivity index (χ1v) is 8.19. The van der Waals surface area contributed by atoms with Crippen molar-refractivity contribution in [1.82, 2.24) is 9.97 Å². The summed E-state index contributed by atoms with van der Waals surface area (Å²) in [5.74, 6) is 0.508. The van der Waals surface area contributed by atoms with Crippen LogP contribution in [0.15, 0.2) is 55.8 Å². The average Bonchev–Trinajstić information content (AvgIpc) is 2.98. The van der Waals surface area contributed by atoms with E-state index in [0.29, 0.717) is 5.82 Å². The van der Waals surface area contributed by atoms with Gasteiger partial charge in [0.2, 0.25) is 0 Å².